The number of hydrogen-bond donors (Lipinski definition) is 2. The van der Waals surface area contributed by atoms with Gasteiger partial charge in [0, 0.05) is 27.7 Å². The molecule has 0 radical (unpaired) electrons. The Morgan fingerprint density at radius 2 is 2.05 bits per heavy atom. The van der Waals surface area contributed by atoms with Crippen LogP contribution in [0.15, 0.2) is 27.1 Å². The highest BCUT2D eigenvalue weighted by Crippen LogP contribution is 2.25. The Bertz CT molecular complexity index is 547. The van der Waals surface area contributed by atoms with Gasteiger partial charge in [0.2, 0.25) is 11.8 Å². The SMILES string of the molecule is CN(CC(=O)NC1CC1)C(=O)CNc1ccc(Br)cc1Br. The zero-order chi connectivity index (χ0) is 15.4. The van der Waals surface area contributed by atoms with E-state index < -0.39 is 0 Å². The van der Waals surface area contributed by atoms with Gasteiger partial charge in [0.1, 0.15) is 0 Å². The molecule has 1 fully saturated rings. The molecule has 2 rings (SSSR count). The lowest BCUT2D eigenvalue weighted by Crippen LogP contribution is -2.41. The normalized spacial score (nSPS) is 13.7. The van der Waals surface area contributed by atoms with Crippen LogP contribution in [0.25, 0.3) is 0 Å². The summed E-state index contributed by atoms with van der Waals surface area (Å²) in [6, 6.07) is 5.99. The minimum absolute atomic E-state index is 0.0958. The number of nitrogens with one attached hydrogen (secondary N) is 2. The first-order valence-corrected chi connectivity index (χ1v) is 8.26. The summed E-state index contributed by atoms with van der Waals surface area (Å²) in [5.41, 5.74) is 0.836. The van der Waals surface area contributed by atoms with Gasteiger partial charge in [-0.05, 0) is 47.0 Å². The molecule has 0 spiro atoms. The summed E-state index contributed by atoms with van der Waals surface area (Å²) >= 11 is 6.80. The van der Waals surface area contributed by atoms with E-state index in [0.29, 0.717) is 6.04 Å². The maximum absolute atomic E-state index is 12.0. The second-order valence-electron chi connectivity index (χ2n) is 5.07. The molecule has 1 aromatic carbocycles. The van der Waals surface area contributed by atoms with E-state index in [9.17, 15) is 9.59 Å². The summed E-state index contributed by atoms with van der Waals surface area (Å²) < 4.78 is 1.83. The first kappa shape index (κ1) is 16.3. The molecule has 0 aromatic heterocycles. The molecule has 0 bridgehead atoms. The Balaban J connectivity index is 1.78. The van der Waals surface area contributed by atoms with Crippen LogP contribution in [-0.2, 0) is 9.59 Å². The minimum atomic E-state index is -0.129. The molecule has 21 heavy (non-hydrogen) atoms. The van der Waals surface area contributed by atoms with Crippen molar-refractivity contribution in [2.45, 2.75) is 18.9 Å². The van der Waals surface area contributed by atoms with Gasteiger partial charge in [-0.3, -0.25) is 9.59 Å². The van der Waals surface area contributed by atoms with E-state index in [1.807, 2.05) is 18.2 Å². The number of halogens is 2. The number of carbonyl (C=O) groups excluding carboxylic acids is 2. The predicted octanol–water partition coefficient (Wildman–Crippen LogP) is 2.36. The predicted molar refractivity (Wildman–Crippen MR) is 89.1 cm³/mol. The van der Waals surface area contributed by atoms with E-state index in [1.54, 1.807) is 7.05 Å². The number of likely N-dealkylation sites (N-methyl/N-ethyl adjacent to an activating group) is 1. The van der Waals surface area contributed by atoms with Crippen LogP contribution >= 0.6 is 31.9 Å². The molecular weight excluding hydrogens is 402 g/mol. The van der Waals surface area contributed by atoms with E-state index in [-0.39, 0.29) is 24.9 Å². The fourth-order valence-electron chi connectivity index (χ4n) is 1.74. The van der Waals surface area contributed by atoms with Gasteiger partial charge in [-0.2, -0.15) is 0 Å². The van der Waals surface area contributed by atoms with E-state index in [0.717, 1.165) is 27.5 Å². The number of amides is 2. The number of carbonyl (C=O) groups is 2. The van der Waals surface area contributed by atoms with E-state index in [4.69, 9.17) is 0 Å². The fraction of sp³-hybridized carbons (Fsp3) is 0.429. The van der Waals surface area contributed by atoms with Gasteiger partial charge in [-0.25, -0.2) is 0 Å². The number of benzene rings is 1. The van der Waals surface area contributed by atoms with Crippen LogP contribution in [0.3, 0.4) is 0 Å². The van der Waals surface area contributed by atoms with E-state index in [2.05, 4.69) is 42.5 Å². The van der Waals surface area contributed by atoms with Crippen LogP contribution in [-0.4, -0.2) is 42.9 Å². The summed E-state index contributed by atoms with van der Waals surface area (Å²) in [5.74, 6) is -0.228. The molecule has 1 saturated carbocycles. The molecule has 2 N–H and O–H groups in total. The number of anilines is 1. The van der Waals surface area contributed by atoms with Gasteiger partial charge < -0.3 is 15.5 Å². The molecular formula is C14H17Br2N3O2. The highest BCUT2D eigenvalue weighted by atomic mass is 79.9. The zero-order valence-corrected chi connectivity index (χ0v) is 14.8. The van der Waals surface area contributed by atoms with Gasteiger partial charge in [0.05, 0.1) is 13.1 Å². The molecule has 0 atom stereocenters. The highest BCUT2D eigenvalue weighted by molar-refractivity contribution is 9.11. The Morgan fingerprint density at radius 3 is 2.67 bits per heavy atom. The van der Waals surface area contributed by atoms with Gasteiger partial charge in [0.25, 0.3) is 0 Å². The van der Waals surface area contributed by atoms with Crippen LogP contribution in [0.4, 0.5) is 5.69 Å². The quantitative estimate of drug-likeness (QED) is 0.745. The second-order valence-corrected chi connectivity index (χ2v) is 6.84. The average Bonchev–Trinajstić information content (AvgIpc) is 3.21. The molecule has 0 heterocycles. The largest absolute Gasteiger partial charge is 0.375 e. The van der Waals surface area contributed by atoms with Crippen molar-refractivity contribution < 1.29 is 9.59 Å². The minimum Gasteiger partial charge on any atom is -0.375 e. The maximum Gasteiger partial charge on any atom is 0.242 e. The van der Waals surface area contributed by atoms with Crippen molar-refractivity contribution in [3.05, 3.63) is 27.1 Å². The second kappa shape index (κ2) is 7.26. The molecule has 1 aromatic rings. The van der Waals surface area contributed by atoms with Crippen molar-refractivity contribution in [3.8, 4) is 0 Å². The number of rotatable bonds is 6. The van der Waals surface area contributed by atoms with Gasteiger partial charge >= 0.3 is 0 Å². The van der Waals surface area contributed by atoms with Gasteiger partial charge in [-0.15, -0.1) is 0 Å². The van der Waals surface area contributed by atoms with E-state index >= 15 is 0 Å². The van der Waals surface area contributed by atoms with Gasteiger partial charge in [-0.1, -0.05) is 15.9 Å². The third-order valence-electron chi connectivity index (χ3n) is 3.11. The van der Waals surface area contributed by atoms with Crippen molar-refractivity contribution in [1.29, 1.82) is 0 Å². The van der Waals surface area contributed by atoms with Crippen molar-refractivity contribution in [1.82, 2.24) is 10.2 Å². The lowest BCUT2D eigenvalue weighted by atomic mass is 10.3. The standard InChI is InChI=1S/C14H17Br2N3O2/c1-19(8-13(20)18-10-3-4-10)14(21)7-17-12-5-2-9(15)6-11(12)16/h2,5-6,10,17H,3-4,7-8H2,1H3,(H,18,20). The van der Waals surface area contributed by atoms with Crippen molar-refractivity contribution >= 4 is 49.4 Å². The third kappa shape index (κ3) is 5.32. The molecule has 1 aliphatic carbocycles. The Hall–Kier alpha value is -1.08. The summed E-state index contributed by atoms with van der Waals surface area (Å²) in [5, 5.41) is 5.92. The Morgan fingerprint density at radius 1 is 1.33 bits per heavy atom. The van der Waals surface area contributed by atoms with Crippen molar-refractivity contribution in [2.75, 3.05) is 25.5 Å². The summed E-state index contributed by atoms with van der Waals surface area (Å²) in [6.45, 7) is 0.242. The number of nitrogens with zero attached hydrogens (tertiary/aromatic N) is 1. The first-order chi connectivity index (χ1) is 9.95. The molecule has 1 aliphatic rings. The lowest BCUT2D eigenvalue weighted by Gasteiger charge is -2.17. The maximum atomic E-state index is 12.0. The molecule has 114 valence electrons. The van der Waals surface area contributed by atoms with Crippen molar-refractivity contribution in [3.63, 3.8) is 0 Å². The summed E-state index contributed by atoms with van der Waals surface area (Å²) in [4.78, 5) is 25.1. The fourth-order valence-corrected chi connectivity index (χ4v) is 2.93. The topological polar surface area (TPSA) is 61.4 Å². The smallest absolute Gasteiger partial charge is 0.242 e. The Kier molecular flexibility index (Phi) is 5.64. The molecule has 0 unspecified atom stereocenters. The van der Waals surface area contributed by atoms with Crippen LogP contribution in [0.1, 0.15) is 12.8 Å². The van der Waals surface area contributed by atoms with Crippen molar-refractivity contribution in [2.24, 2.45) is 0 Å². The van der Waals surface area contributed by atoms with Gasteiger partial charge in [0.15, 0.2) is 0 Å². The molecule has 5 nitrogen and oxygen atoms in total. The number of hydrogen-bond acceptors (Lipinski definition) is 3. The van der Waals surface area contributed by atoms with Crippen LogP contribution < -0.4 is 10.6 Å². The zero-order valence-electron chi connectivity index (χ0n) is 11.7. The Labute approximate surface area is 140 Å². The molecule has 0 aliphatic heterocycles. The average molecular weight is 419 g/mol. The third-order valence-corrected chi connectivity index (χ3v) is 4.26. The van der Waals surface area contributed by atoms with Crippen LogP contribution in [0, 0.1) is 0 Å². The van der Waals surface area contributed by atoms with E-state index in [1.165, 1.54) is 4.90 Å². The summed E-state index contributed by atoms with van der Waals surface area (Å²) in [7, 11) is 1.63. The monoisotopic (exact) mass is 417 g/mol. The van der Waals surface area contributed by atoms with Crippen LogP contribution in [0.5, 0.6) is 0 Å². The van der Waals surface area contributed by atoms with Crippen LogP contribution in [0.2, 0.25) is 0 Å². The lowest BCUT2D eigenvalue weighted by molar-refractivity contribution is -0.133. The molecule has 2 amide bonds. The first-order valence-electron chi connectivity index (χ1n) is 6.68. The molecule has 7 heteroatoms. The molecule has 0 saturated heterocycles. The highest BCUT2D eigenvalue weighted by Gasteiger charge is 2.24. The summed E-state index contributed by atoms with van der Waals surface area (Å²) in [6.07, 6.45) is 2.09.